The van der Waals surface area contributed by atoms with E-state index in [1.165, 1.54) is 0 Å². The summed E-state index contributed by atoms with van der Waals surface area (Å²) >= 11 is 0. The van der Waals surface area contributed by atoms with Crippen molar-refractivity contribution in [3.05, 3.63) is 72.8 Å². The largest absolute Gasteiger partial charge is 0.454 e. The molecule has 0 aliphatic carbocycles. The van der Waals surface area contributed by atoms with Crippen LogP contribution >= 0.6 is 0 Å². The summed E-state index contributed by atoms with van der Waals surface area (Å²) in [6, 6.07) is 15.4. The lowest BCUT2D eigenvalue weighted by atomic mass is 10.2. The molecule has 0 saturated carbocycles. The number of carbonyl (C=O) groups is 2. The maximum Gasteiger partial charge on any atom is 0.347 e. The van der Waals surface area contributed by atoms with E-state index in [2.05, 4.69) is 6.58 Å². The van der Waals surface area contributed by atoms with E-state index in [4.69, 9.17) is 14.2 Å². The van der Waals surface area contributed by atoms with E-state index in [1.54, 1.807) is 48.5 Å². The molecule has 130 valence electrons. The topological polar surface area (TPSA) is 61.8 Å². The van der Waals surface area contributed by atoms with Gasteiger partial charge in [0.1, 0.15) is 17.1 Å². The summed E-state index contributed by atoms with van der Waals surface area (Å²) in [4.78, 5) is 23.9. The highest BCUT2D eigenvalue weighted by molar-refractivity contribution is 5.94. The van der Waals surface area contributed by atoms with E-state index in [0.717, 1.165) is 12.5 Å². The molecule has 1 unspecified atom stereocenters. The first-order valence-corrected chi connectivity index (χ1v) is 8.00. The van der Waals surface area contributed by atoms with Gasteiger partial charge in [0.05, 0.1) is 0 Å². The molecule has 0 spiro atoms. The normalized spacial score (nSPS) is 11.2. The Labute approximate surface area is 146 Å². The van der Waals surface area contributed by atoms with Gasteiger partial charge in [-0.25, -0.2) is 9.59 Å². The standard InChI is InChI=1S/C20H20O5/c1-3-10-19(25-18(21)4-2)24-17-14-9-8-13-16(17)20(22)23-15-11-6-5-7-12-15/h4-9,11-14,19H,2-3,10H2,1H3. The predicted molar refractivity (Wildman–Crippen MR) is 93.5 cm³/mol. The average Bonchev–Trinajstić information content (AvgIpc) is 2.63. The lowest BCUT2D eigenvalue weighted by Gasteiger charge is -2.19. The third-order valence-electron chi connectivity index (χ3n) is 3.26. The highest BCUT2D eigenvalue weighted by Crippen LogP contribution is 2.23. The van der Waals surface area contributed by atoms with E-state index in [9.17, 15) is 9.59 Å². The van der Waals surface area contributed by atoms with Gasteiger partial charge in [-0.15, -0.1) is 0 Å². The summed E-state index contributed by atoms with van der Waals surface area (Å²) in [6.45, 7) is 5.31. The van der Waals surface area contributed by atoms with Crippen molar-refractivity contribution >= 4 is 11.9 Å². The minimum atomic E-state index is -0.804. The monoisotopic (exact) mass is 340 g/mol. The first-order valence-electron chi connectivity index (χ1n) is 8.00. The Kier molecular flexibility index (Phi) is 6.77. The molecule has 1 atom stereocenters. The Balaban J connectivity index is 2.16. The van der Waals surface area contributed by atoms with Gasteiger partial charge in [0.15, 0.2) is 0 Å². The van der Waals surface area contributed by atoms with E-state index >= 15 is 0 Å². The molecule has 0 radical (unpaired) electrons. The van der Waals surface area contributed by atoms with Crippen molar-refractivity contribution in [2.75, 3.05) is 0 Å². The van der Waals surface area contributed by atoms with Crippen LogP contribution in [0.15, 0.2) is 67.3 Å². The second-order valence-corrected chi connectivity index (χ2v) is 5.18. The van der Waals surface area contributed by atoms with Crippen LogP contribution in [0.4, 0.5) is 0 Å². The van der Waals surface area contributed by atoms with Crippen LogP contribution in [0.2, 0.25) is 0 Å². The third kappa shape index (κ3) is 5.49. The number of para-hydroxylation sites is 2. The molecule has 5 heteroatoms. The smallest absolute Gasteiger partial charge is 0.347 e. The SMILES string of the molecule is C=CC(=O)OC(CCC)Oc1ccccc1C(=O)Oc1ccccc1. The first kappa shape index (κ1) is 18.3. The molecule has 0 N–H and O–H groups in total. The number of hydrogen-bond acceptors (Lipinski definition) is 5. The highest BCUT2D eigenvalue weighted by Gasteiger charge is 2.19. The number of benzene rings is 2. The van der Waals surface area contributed by atoms with Gasteiger partial charge in [0.25, 0.3) is 0 Å². The van der Waals surface area contributed by atoms with Crippen LogP contribution in [0.25, 0.3) is 0 Å². The second-order valence-electron chi connectivity index (χ2n) is 5.18. The van der Waals surface area contributed by atoms with Crippen LogP contribution in [0, 0.1) is 0 Å². The van der Waals surface area contributed by atoms with Crippen molar-refractivity contribution in [3.8, 4) is 11.5 Å². The zero-order valence-corrected chi connectivity index (χ0v) is 14.0. The molecular weight excluding hydrogens is 320 g/mol. The van der Waals surface area contributed by atoms with Crippen LogP contribution < -0.4 is 9.47 Å². The third-order valence-corrected chi connectivity index (χ3v) is 3.26. The fraction of sp³-hybridized carbons (Fsp3) is 0.200. The molecule has 0 aliphatic heterocycles. The van der Waals surface area contributed by atoms with Crippen molar-refractivity contribution in [2.24, 2.45) is 0 Å². The van der Waals surface area contributed by atoms with Crippen LogP contribution in [0.5, 0.6) is 11.5 Å². The summed E-state index contributed by atoms with van der Waals surface area (Å²) in [7, 11) is 0. The summed E-state index contributed by atoms with van der Waals surface area (Å²) in [5, 5.41) is 0. The van der Waals surface area contributed by atoms with Gasteiger partial charge in [-0.05, 0) is 30.7 Å². The molecule has 0 aromatic heterocycles. The Morgan fingerprint density at radius 3 is 2.44 bits per heavy atom. The molecule has 0 aliphatic rings. The Bertz CT molecular complexity index is 724. The maximum absolute atomic E-state index is 12.4. The molecule has 2 aromatic carbocycles. The summed E-state index contributed by atoms with van der Waals surface area (Å²) in [5.74, 6) is -0.404. The number of carbonyl (C=O) groups excluding carboxylic acids is 2. The Hall–Kier alpha value is -3.08. The molecule has 5 nitrogen and oxygen atoms in total. The number of rotatable bonds is 8. The first-order chi connectivity index (χ1) is 12.1. The van der Waals surface area contributed by atoms with E-state index < -0.39 is 18.2 Å². The summed E-state index contributed by atoms with van der Waals surface area (Å²) < 4.78 is 16.2. The van der Waals surface area contributed by atoms with Gasteiger partial charge in [0.2, 0.25) is 6.29 Å². The number of esters is 2. The summed E-state index contributed by atoms with van der Waals surface area (Å²) in [5.41, 5.74) is 0.252. The second kappa shape index (κ2) is 9.27. The van der Waals surface area contributed by atoms with Crippen molar-refractivity contribution < 1.29 is 23.8 Å². The minimum absolute atomic E-state index is 0.252. The van der Waals surface area contributed by atoms with Crippen LogP contribution in [-0.2, 0) is 9.53 Å². The molecule has 0 saturated heterocycles. The van der Waals surface area contributed by atoms with Crippen molar-refractivity contribution in [1.29, 1.82) is 0 Å². The highest BCUT2D eigenvalue weighted by atomic mass is 16.7. The summed E-state index contributed by atoms with van der Waals surface area (Å²) in [6.07, 6.45) is 1.50. The van der Waals surface area contributed by atoms with Gasteiger partial charge >= 0.3 is 11.9 Å². The van der Waals surface area contributed by atoms with Gasteiger partial charge in [-0.3, -0.25) is 0 Å². The van der Waals surface area contributed by atoms with Crippen molar-refractivity contribution in [2.45, 2.75) is 26.1 Å². The van der Waals surface area contributed by atoms with Gasteiger partial charge in [0, 0.05) is 12.5 Å². The quantitative estimate of drug-likeness (QED) is 0.313. The minimum Gasteiger partial charge on any atom is -0.454 e. The van der Waals surface area contributed by atoms with E-state index in [-0.39, 0.29) is 5.56 Å². The lowest BCUT2D eigenvalue weighted by Crippen LogP contribution is -2.24. The molecule has 0 bridgehead atoms. The van der Waals surface area contributed by atoms with Crippen molar-refractivity contribution in [1.82, 2.24) is 0 Å². The molecule has 0 amide bonds. The van der Waals surface area contributed by atoms with Crippen molar-refractivity contribution in [3.63, 3.8) is 0 Å². The van der Waals surface area contributed by atoms with Gasteiger partial charge in [-0.1, -0.05) is 43.8 Å². The molecule has 2 rings (SSSR count). The van der Waals surface area contributed by atoms with Crippen LogP contribution in [0.1, 0.15) is 30.1 Å². The van der Waals surface area contributed by atoms with Gasteiger partial charge in [-0.2, -0.15) is 0 Å². The predicted octanol–water partition coefficient (Wildman–Crippen LogP) is 4.14. The molecule has 0 heterocycles. The zero-order chi connectivity index (χ0) is 18.1. The lowest BCUT2D eigenvalue weighted by molar-refractivity contribution is -0.158. The molecular formula is C20H20O5. The fourth-order valence-corrected chi connectivity index (χ4v) is 2.09. The zero-order valence-electron chi connectivity index (χ0n) is 14.0. The van der Waals surface area contributed by atoms with E-state index in [1.807, 2.05) is 13.0 Å². The fourth-order valence-electron chi connectivity index (χ4n) is 2.09. The van der Waals surface area contributed by atoms with Gasteiger partial charge < -0.3 is 14.2 Å². The van der Waals surface area contributed by atoms with E-state index in [0.29, 0.717) is 17.9 Å². The molecule has 0 fully saturated rings. The van der Waals surface area contributed by atoms with Crippen LogP contribution in [0.3, 0.4) is 0 Å². The van der Waals surface area contributed by atoms with Crippen LogP contribution in [-0.4, -0.2) is 18.2 Å². The molecule has 25 heavy (non-hydrogen) atoms. The maximum atomic E-state index is 12.4. The Morgan fingerprint density at radius 1 is 1.08 bits per heavy atom. The number of hydrogen-bond donors (Lipinski definition) is 0. The Morgan fingerprint density at radius 2 is 1.76 bits per heavy atom. The molecule has 2 aromatic rings. The average molecular weight is 340 g/mol. The number of ether oxygens (including phenoxy) is 3.